The molecule has 10 heteroatoms. The van der Waals surface area contributed by atoms with Crippen LogP contribution < -0.4 is 10.7 Å². The number of alkyl halides is 3. The summed E-state index contributed by atoms with van der Waals surface area (Å²) in [6.07, 6.45) is -0.128. The first-order valence-corrected chi connectivity index (χ1v) is 7.62. The Morgan fingerprint density at radius 3 is 2.77 bits per heavy atom. The number of likely N-dealkylation sites (N-methyl/N-ethyl adjacent to an activating group) is 1. The maximum Gasteiger partial charge on any atom is 0.418 e. The van der Waals surface area contributed by atoms with Crippen molar-refractivity contribution >= 4 is 17.4 Å². The van der Waals surface area contributed by atoms with Gasteiger partial charge in [0.2, 0.25) is 0 Å². The zero-order valence-electron chi connectivity index (χ0n) is 13.7. The highest BCUT2D eigenvalue weighted by atomic mass is 19.4. The van der Waals surface area contributed by atoms with Gasteiger partial charge in [0.05, 0.1) is 30.5 Å². The number of aromatic nitrogens is 2. The predicted octanol–water partition coefficient (Wildman–Crippen LogP) is 1.83. The first-order valence-electron chi connectivity index (χ1n) is 7.62. The van der Waals surface area contributed by atoms with Crippen molar-refractivity contribution in [3.63, 3.8) is 0 Å². The Balaban J connectivity index is 1.90. The molecule has 2 aromatic rings. The number of halogens is 3. The van der Waals surface area contributed by atoms with Gasteiger partial charge in [0.1, 0.15) is 0 Å². The van der Waals surface area contributed by atoms with Gasteiger partial charge in [0, 0.05) is 30.7 Å². The lowest BCUT2D eigenvalue weighted by molar-refractivity contribution is -0.137. The van der Waals surface area contributed by atoms with Crippen LogP contribution in [0.3, 0.4) is 0 Å². The van der Waals surface area contributed by atoms with E-state index in [9.17, 15) is 18.0 Å². The molecule has 0 fully saturated rings. The van der Waals surface area contributed by atoms with Crippen LogP contribution in [-0.4, -0.2) is 40.2 Å². The summed E-state index contributed by atoms with van der Waals surface area (Å²) >= 11 is 0. The first kappa shape index (κ1) is 17.6. The van der Waals surface area contributed by atoms with Crippen LogP contribution in [0, 0.1) is 0 Å². The fraction of sp³-hybridized carbons (Fsp3) is 0.250. The van der Waals surface area contributed by atoms with Crippen LogP contribution in [0.5, 0.6) is 0 Å². The van der Waals surface area contributed by atoms with E-state index in [-0.39, 0.29) is 36.1 Å². The second kappa shape index (κ2) is 6.98. The van der Waals surface area contributed by atoms with Crippen molar-refractivity contribution in [1.29, 1.82) is 0 Å². The van der Waals surface area contributed by atoms with Gasteiger partial charge in [-0.1, -0.05) is 0 Å². The fourth-order valence-electron chi connectivity index (χ4n) is 2.49. The summed E-state index contributed by atoms with van der Waals surface area (Å²) in [6.45, 7) is 0.125. The molecule has 1 aliphatic rings. The van der Waals surface area contributed by atoms with Crippen molar-refractivity contribution in [3.8, 4) is 0 Å². The second-order valence-corrected chi connectivity index (χ2v) is 5.63. The van der Waals surface area contributed by atoms with Crippen molar-refractivity contribution in [2.24, 2.45) is 5.10 Å². The summed E-state index contributed by atoms with van der Waals surface area (Å²) < 4.78 is 40.5. The normalized spacial score (nSPS) is 14.7. The molecule has 1 aromatic heterocycles. The molecule has 26 heavy (non-hydrogen) atoms. The molecular formula is C16H15F3N6O. The molecule has 136 valence electrons. The second-order valence-electron chi connectivity index (χ2n) is 5.63. The molecular weight excluding hydrogens is 349 g/mol. The Hall–Kier alpha value is -3.17. The van der Waals surface area contributed by atoms with Gasteiger partial charge in [-0.3, -0.25) is 14.8 Å². The minimum absolute atomic E-state index is 0.0207. The highest BCUT2D eigenvalue weighted by Gasteiger charge is 2.34. The van der Waals surface area contributed by atoms with Gasteiger partial charge in [-0.2, -0.15) is 18.3 Å². The number of amidine groups is 1. The third-order valence-corrected chi connectivity index (χ3v) is 3.69. The van der Waals surface area contributed by atoms with E-state index in [0.717, 1.165) is 6.07 Å². The monoisotopic (exact) mass is 364 g/mol. The highest BCUT2D eigenvalue weighted by Crippen LogP contribution is 2.36. The zero-order valence-corrected chi connectivity index (χ0v) is 13.7. The van der Waals surface area contributed by atoms with Crippen molar-refractivity contribution < 1.29 is 18.0 Å². The molecule has 1 aliphatic heterocycles. The third-order valence-electron chi connectivity index (χ3n) is 3.69. The van der Waals surface area contributed by atoms with Crippen LogP contribution in [0.15, 0.2) is 41.9 Å². The molecule has 2 N–H and O–H groups in total. The summed E-state index contributed by atoms with van der Waals surface area (Å²) in [5.41, 5.74) is 2.15. The smallest absolute Gasteiger partial charge is 0.379 e. The minimum atomic E-state index is -4.56. The first-order chi connectivity index (χ1) is 12.3. The van der Waals surface area contributed by atoms with Gasteiger partial charge >= 0.3 is 6.18 Å². The average Bonchev–Trinajstić information content (AvgIpc) is 2.60. The van der Waals surface area contributed by atoms with E-state index in [2.05, 4.69) is 25.8 Å². The summed E-state index contributed by atoms with van der Waals surface area (Å²) in [5.74, 6) is -0.0647. The summed E-state index contributed by atoms with van der Waals surface area (Å²) in [4.78, 5) is 20.7. The van der Waals surface area contributed by atoms with Crippen molar-refractivity contribution in [2.75, 3.05) is 18.9 Å². The van der Waals surface area contributed by atoms with Crippen LogP contribution in [-0.2, 0) is 17.5 Å². The minimum Gasteiger partial charge on any atom is -0.379 e. The molecule has 2 heterocycles. The molecule has 1 aromatic carbocycles. The van der Waals surface area contributed by atoms with E-state index in [1.54, 1.807) is 7.05 Å². The van der Waals surface area contributed by atoms with Crippen LogP contribution in [0.1, 0.15) is 16.8 Å². The van der Waals surface area contributed by atoms with Gasteiger partial charge in [-0.25, -0.2) is 5.43 Å². The molecule has 0 spiro atoms. The third kappa shape index (κ3) is 3.90. The van der Waals surface area contributed by atoms with Crippen molar-refractivity contribution in [1.82, 2.24) is 20.3 Å². The number of rotatable bonds is 4. The fourth-order valence-corrected chi connectivity index (χ4v) is 2.49. The van der Waals surface area contributed by atoms with Gasteiger partial charge in [0.25, 0.3) is 5.91 Å². The number of carbonyl (C=O) groups is 1. The molecule has 0 saturated carbocycles. The molecule has 0 unspecified atom stereocenters. The number of amides is 1. The molecule has 7 nitrogen and oxygen atoms in total. The SMILES string of the molecule is CN1CC(=O)NN=C1c1ccc(NCc2cnccn2)c(C(F)(F)F)c1. The molecule has 0 saturated heterocycles. The quantitative estimate of drug-likeness (QED) is 0.865. The van der Waals surface area contributed by atoms with E-state index in [1.165, 1.54) is 35.6 Å². The summed E-state index contributed by atoms with van der Waals surface area (Å²) in [6, 6.07) is 3.86. The Labute approximate surface area is 146 Å². The van der Waals surface area contributed by atoms with Crippen molar-refractivity contribution in [2.45, 2.75) is 12.7 Å². The van der Waals surface area contributed by atoms with Gasteiger partial charge in [-0.15, -0.1) is 0 Å². The summed E-state index contributed by atoms with van der Waals surface area (Å²) in [7, 11) is 1.59. The lowest BCUT2D eigenvalue weighted by Crippen LogP contribution is -2.43. The maximum absolute atomic E-state index is 13.5. The number of hydrazone groups is 1. The van der Waals surface area contributed by atoms with Crippen LogP contribution >= 0.6 is 0 Å². The number of anilines is 1. The van der Waals surface area contributed by atoms with Crippen LogP contribution in [0.4, 0.5) is 18.9 Å². The lowest BCUT2D eigenvalue weighted by Gasteiger charge is -2.25. The van der Waals surface area contributed by atoms with Gasteiger partial charge < -0.3 is 10.2 Å². The van der Waals surface area contributed by atoms with E-state index in [0.29, 0.717) is 5.69 Å². The standard InChI is InChI=1S/C16H15F3N6O/c1-25-9-14(26)23-24-15(25)10-2-3-13(12(6-10)16(17,18)19)22-8-11-7-20-4-5-21-11/h2-7,22H,8-9H2,1H3,(H,23,26). The molecule has 1 amide bonds. The Kier molecular flexibility index (Phi) is 4.74. The van der Waals surface area contributed by atoms with Gasteiger partial charge in [0.15, 0.2) is 5.84 Å². The predicted molar refractivity (Wildman–Crippen MR) is 88.1 cm³/mol. The summed E-state index contributed by atoms with van der Waals surface area (Å²) in [5, 5.41) is 6.58. The number of nitrogens with zero attached hydrogens (tertiary/aromatic N) is 4. The van der Waals surface area contributed by atoms with Gasteiger partial charge in [-0.05, 0) is 18.2 Å². The molecule has 0 bridgehead atoms. The highest BCUT2D eigenvalue weighted by molar-refractivity contribution is 6.03. The zero-order chi connectivity index (χ0) is 18.7. The van der Waals surface area contributed by atoms with Crippen LogP contribution in [0.25, 0.3) is 0 Å². The number of benzene rings is 1. The van der Waals surface area contributed by atoms with E-state index in [1.807, 2.05) is 0 Å². The molecule has 0 radical (unpaired) electrons. The van der Waals surface area contributed by atoms with E-state index in [4.69, 9.17) is 0 Å². The lowest BCUT2D eigenvalue weighted by atomic mass is 10.1. The molecule has 0 aliphatic carbocycles. The number of hydrogen-bond donors (Lipinski definition) is 2. The Bertz CT molecular complexity index is 838. The van der Waals surface area contributed by atoms with E-state index >= 15 is 0 Å². The molecule has 0 atom stereocenters. The maximum atomic E-state index is 13.5. The molecule has 3 rings (SSSR count). The Morgan fingerprint density at radius 1 is 1.31 bits per heavy atom. The van der Waals surface area contributed by atoms with E-state index < -0.39 is 11.7 Å². The number of hydrogen-bond acceptors (Lipinski definition) is 6. The number of carbonyl (C=O) groups excluding carboxylic acids is 1. The largest absolute Gasteiger partial charge is 0.418 e. The topological polar surface area (TPSA) is 82.5 Å². The van der Waals surface area contributed by atoms with Crippen molar-refractivity contribution in [3.05, 3.63) is 53.6 Å². The van der Waals surface area contributed by atoms with Crippen LogP contribution in [0.2, 0.25) is 0 Å². The number of nitrogens with one attached hydrogen (secondary N) is 2. The average molecular weight is 364 g/mol. The Morgan fingerprint density at radius 2 is 2.12 bits per heavy atom.